The predicted molar refractivity (Wildman–Crippen MR) is 86.8 cm³/mol. The van der Waals surface area contributed by atoms with E-state index in [1.165, 1.54) is 12.8 Å². The number of aromatic amines is 1. The molecular weight excluding hydrogens is 294 g/mol. The molecule has 0 radical (unpaired) electrons. The summed E-state index contributed by atoms with van der Waals surface area (Å²) in [6.45, 7) is 4.71. The van der Waals surface area contributed by atoms with Gasteiger partial charge >= 0.3 is 0 Å². The summed E-state index contributed by atoms with van der Waals surface area (Å²) in [4.78, 5) is 29.7. The van der Waals surface area contributed by atoms with E-state index in [1.54, 1.807) is 0 Å². The Kier molecular flexibility index (Phi) is 4.82. The topological polar surface area (TPSA) is 85.4 Å². The highest BCUT2D eigenvalue weighted by molar-refractivity contribution is 6.04. The van der Waals surface area contributed by atoms with E-state index in [4.69, 9.17) is 0 Å². The number of aryl methyl sites for hydroxylation is 1. The number of carbonyl (C=O) groups excluding carboxylic acids is 2. The van der Waals surface area contributed by atoms with E-state index in [-0.39, 0.29) is 18.2 Å². The lowest BCUT2D eigenvalue weighted by Crippen LogP contribution is -2.39. The molecule has 1 unspecified atom stereocenters. The van der Waals surface area contributed by atoms with Gasteiger partial charge in [0, 0.05) is 25.2 Å². The Morgan fingerprint density at radius 1 is 1.30 bits per heavy atom. The summed E-state index contributed by atoms with van der Waals surface area (Å²) >= 11 is 0. The number of amides is 1. The molecule has 1 atom stereocenters. The summed E-state index contributed by atoms with van der Waals surface area (Å²) in [7, 11) is 0. The zero-order chi connectivity index (χ0) is 16.4. The number of carbonyl (C=O) groups is 2. The number of H-pyrrole nitrogens is 1. The third kappa shape index (κ3) is 3.48. The molecule has 2 aliphatic rings. The first-order valence-electron chi connectivity index (χ1n) is 8.49. The van der Waals surface area contributed by atoms with E-state index >= 15 is 0 Å². The highest BCUT2D eigenvalue weighted by Gasteiger charge is 2.27. The Morgan fingerprint density at radius 3 is 2.78 bits per heavy atom. The number of likely N-dealkylation sites (tertiary alicyclic amines) is 1. The van der Waals surface area contributed by atoms with Crippen molar-refractivity contribution in [3.8, 4) is 0 Å². The summed E-state index contributed by atoms with van der Waals surface area (Å²) in [5.41, 5.74) is 2.75. The number of rotatable bonds is 5. The molecule has 3 rings (SSSR count). The maximum atomic E-state index is 12.5. The Hall–Kier alpha value is -1.66. The number of aliphatic hydroxyl groups is 1. The van der Waals surface area contributed by atoms with E-state index in [1.807, 2.05) is 6.92 Å². The summed E-state index contributed by atoms with van der Waals surface area (Å²) < 4.78 is 0. The van der Waals surface area contributed by atoms with Gasteiger partial charge in [-0.25, -0.2) is 0 Å². The van der Waals surface area contributed by atoms with Crippen molar-refractivity contribution in [3.63, 3.8) is 0 Å². The third-order valence-electron chi connectivity index (χ3n) is 4.79. The van der Waals surface area contributed by atoms with Gasteiger partial charge in [0.1, 0.15) is 0 Å². The van der Waals surface area contributed by atoms with Crippen molar-refractivity contribution in [1.29, 1.82) is 0 Å². The fraction of sp³-hybridized carbons (Fsp3) is 0.647. The molecule has 3 N–H and O–H groups in total. The minimum Gasteiger partial charge on any atom is -0.390 e. The van der Waals surface area contributed by atoms with Crippen LogP contribution in [0.3, 0.4) is 0 Å². The second-order valence-electron chi connectivity index (χ2n) is 6.63. The first kappa shape index (κ1) is 16.2. The molecule has 0 aromatic carbocycles. The van der Waals surface area contributed by atoms with Crippen LogP contribution >= 0.6 is 0 Å². The third-order valence-corrected chi connectivity index (χ3v) is 4.79. The molecule has 0 spiro atoms. The molecule has 1 aliphatic heterocycles. The van der Waals surface area contributed by atoms with Crippen LogP contribution in [0.25, 0.3) is 0 Å². The lowest BCUT2D eigenvalue weighted by Gasteiger charge is -2.19. The summed E-state index contributed by atoms with van der Waals surface area (Å²) in [6, 6.07) is 0. The summed E-state index contributed by atoms with van der Waals surface area (Å²) in [5.74, 6) is -0.113. The molecule has 1 aliphatic carbocycles. The quantitative estimate of drug-likeness (QED) is 0.757. The van der Waals surface area contributed by atoms with E-state index in [9.17, 15) is 14.7 Å². The first-order chi connectivity index (χ1) is 11.1. The van der Waals surface area contributed by atoms with Gasteiger partial charge in [-0.05, 0) is 51.3 Å². The van der Waals surface area contributed by atoms with E-state index in [2.05, 4.69) is 15.2 Å². The summed E-state index contributed by atoms with van der Waals surface area (Å²) in [6.07, 6.45) is 3.89. The molecule has 0 bridgehead atoms. The number of hydrogen-bond donors (Lipinski definition) is 3. The van der Waals surface area contributed by atoms with Crippen LogP contribution in [-0.2, 0) is 6.42 Å². The maximum Gasteiger partial charge on any atom is 0.253 e. The fourth-order valence-corrected chi connectivity index (χ4v) is 3.65. The minimum atomic E-state index is -0.561. The zero-order valence-corrected chi connectivity index (χ0v) is 13.7. The molecule has 1 amide bonds. The number of β-amino-alcohol motifs (C(OH)–C–C–N with tert-alkyl or cyclic N) is 1. The van der Waals surface area contributed by atoms with Gasteiger partial charge in [0.15, 0.2) is 5.78 Å². The molecule has 1 aromatic rings. The number of nitrogens with zero attached hydrogens (tertiary/aromatic N) is 1. The van der Waals surface area contributed by atoms with Crippen LogP contribution in [0.15, 0.2) is 0 Å². The number of nitrogens with one attached hydrogen (secondary N) is 2. The second-order valence-corrected chi connectivity index (χ2v) is 6.63. The molecule has 2 heterocycles. The largest absolute Gasteiger partial charge is 0.390 e. The van der Waals surface area contributed by atoms with Crippen LogP contribution in [-0.4, -0.2) is 59.0 Å². The lowest BCUT2D eigenvalue weighted by atomic mass is 9.93. The van der Waals surface area contributed by atoms with E-state index < -0.39 is 6.10 Å². The van der Waals surface area contributed by atoms with Gasteiger partial charge in [0.05, 0.1) is 17.4 Å². The molecule has 1 aromatic heterocycles. The molecule has 126 valence electrons. The number of aliphatic hydroxyl groups excluding tert-OH is 1. The Labute approximate surface area is 136 Å². The molecule has 0 saturated carbocycles. The standard InChI is InChI=1S/C17H25N3O3/c1-11-15(13-5-4-6-14(22)16(13)19-11)17(23)18-9-12(21)10-20-7-2-3-8-20/h12,19,21H,2-10H2,1H3,(H,18,23). The van der Waals surface area contributed by atoms with Gasteiger partial charge in [0.25, 0.3) is 5.91 Å². The smallest absolute Gasteiger partial charge is 0.253 e. The van der Waals surface area contributed by atoms with E-state index in [0.29, 0.717) is 24.2 Å². The van der Waals surface area contributed by atoms with Crippen molar-refractivity contribution in [2.45, 2.75) is 45.1 Å². The van der Waals surface area contributed by atoms with Crippen LogP contribution in [0.1, 0.15) is 57.8 Å². The number of hydrogen-bond acceptors (Lipinski definition) is 4. The molecule has 1 fully saturated rings. The minimum absolute atomic E-state index is 0.0856. The number of ketones is 1. The average molecular weight is 319 g/mol. The zero-order valence-electron chi connectivity index (χ0n) is 13.7. The van der Waals surface area contributed by atoms with Crippen molar-refractivity contribution in [1.82, 2.24) is 15.2 Å². The molecule has 6 nitrogen and oxygen atoms in total. The van der Waals surface area contributed by atoms with Gasteiger partial charge in [-0.2, -0.15) is 0 Å². The normalized spacial score (nSPS) is 19.7. The van der Waals surface area contributed by atoms with Crippen LogP contribution in [0.5, 0.6) is 0 Å². The molecule has 1 saturated heterocycles. The van der Waals surface area contributed by atoms with Crippen molar-refractivity contribution in [2.75, 3.05) is 26.2 Å². The van der Waals surface area contributed by atoms with Crippen LogP contribution in [0.4, 0.5) is 0 Å². The van der Waals surface area contributed by atoms with Gasteiger partial charge in [-0.1, -0.05) is 0 Å². The Balaban J connectivity index is 1.61. The van der Waals surface area contributed by atoms with Gasteiger partial charge in [-0.3, -0.25) is 9.59 Å². The fourth-order valence-electron chi connectivity index (χ4n) is 3.65. The highest BCUT2D eigenvalue weighted by Crippen LogP contribution is 2.26. The van der Waals surface area contributed by atoms with Gasteiger partial charge in [0.2, 0.25) is 0 Å². The first-order valence-corrected chi connectivity index (χ1v) is 8.49. The SMILES string of the molecule is Cc1[nH]c2c(c1C(=O)NCC(O)CN1CCCC1)CCCC2=O. The predicted octanol–water partition coefficient (Wildman–Crippen LogP) is 1.03. The van der Waals surface area contributed by atoms with E-state index in [0.717, 1.165) is 37.2 Å². The van der Waals surface area contributed by atoms with Crippen molar-refractivity contribution in [3.05, 3.63) is 22.5 Å². The van der Waals surface area contributed by atoms with Crippen molar-refractivity contribution < 1.29 is 14.7 Å². The second kappa shape index (κ2) is 6.84. The Bertz CT molecular complexity index is 602. The van der Waals surface area contributed by atoms with Crippen LogP contribution in [0, 0.1) is 6.92 Å². The van der Waals surface area contributed by atoms with Crippen molar-refractivity contribution >= 4 is 11.7 Å². The van der Waals surface area contributed by atoms with Crippen LogP contribution in [0.2, 0.25) is 0 Å². The number of Topliss-reactive ketones (excluding diaryl/α,β-unsaturated/α-hetero) is 1. The van der Waals surface area contributed by atoms with Gasteiger partial charge < -0.3 is 20.3 Å². The lowest BCUT2D eigenvalue weighted by molar-refractivity contribution is 0.0878. The van der Waals surface area contributed by atoms with Crippen molar-refractivity contribution in [2.24, 2.45) is 0 Å². The molecular formula is C17H25N3O3. The van der Waals surface area contributed by atoms with Crippen LogP contribution < -0.4 is 5.32 Å². The summed E-state index contributed by atoms with van der Waals surface area (Å²) in [5, 5.41) is 12.9. The number of fused-ring (bicyclic) bond motifs is 1. The molecule has 23 heavy (non-hydrogen) atoms. The molecule has 6 heteroatoms. The highest BCUT2D eigenvalue weighted by atomic mass is 16.3. The average Bonchev–Trinajstić information content (AvgIpc) is 3.13. The maximum absolute atomic E-state index is 12.5. The number of aromatic nitrogens is 1. The monoisotopic (exact) mass is 319 g/mol. The van der Waals surface area contributed by atoms with Gasteiger partial charge in [-0.15, -0.1) is 0 Å². The Morgan fingerprint density at radius 2 is 2.04 bits per heavy atom.